The molecule has 5 heteroatoms. The lowest BCUT2D eigenvalue weighted by Crippen LogP contribution is -2.25. The number of rotatable bonds is 2. The van der Waals surface area contributed by atoms with Crippen LogP contribution in [0, 0.1) is 5.92 Å². The maximum absolute atomic E-state index is 12.6. The molecule has 1 aromatic carbocycles. The molecule has 2 aliphatic heterocycles. The minimum absolute atomic E-state index is 0.0116. The van der Waals surface area contributed by atoms with Gasteiger partial charge in [0.1, 0.15) is 6.10 Å². The monoisotopic (exact) mass is 340 g/mol. The average Bonchev–Trinajstić information content (AvgIpc) is 2.72. The van der Waals surface area contributed by atoms with E-state index in [1.54, 1.807) is 6.07 Å². The molecule has 2 unspecified atom stereocenters. The molecule has 1 saturated heterocycles. The Labute approximate surface area is 126 Å². The Morgan fingerprint density at radius 2 is 1.90 bits per heavy atom. The number of carbonyl (C=O) groups excluding carboxylic acids is 1. The van der Waals surface area contributed by atoms with Crippen LogP contribution >= 0.6 is 15.9 Å². The molecule has 0 saturated carbocycles. The van der Waals surface area contributed by atoms with Crippen molar-refractivity contribution in [3.05, 3.63) is 22.2 Å². The summed E-state index contributed by atoms with van der Waals surface area (Å²) in [7, 11) is 0. The average molecular weight is 341 g/mol. The number of hydrogen-bond donors (Lipinski definition) is 0. The quantitative estimate of drug-likeness (QED) is 0.775. The minimum Gasteiger partial charge on any atom is -0.490 e. The number of ketones is 1. The van der Waals surface area contributed by atoms with Crippen molar-refractivity contribution in [1.29, 1.82) is 0 Å². The van der Waals surface area contributed by atoms with Crippen LogP contribution in [-0.4, -0.2) is 31.7 Å². The van der Waals surface area contributed by atoms with Crippen molar-refractivity contribution in [3.8, 4) is 11.5 Å². The summed E-state index contributed by atoms with van der Waals surface area (Å²) in [5.41, 5.74) is 0.605. The number of ether oxygens (including phenoxy) is 3. The first-order valence-corrected chi connectivity index (χ1v) is 7.71. The molecule has 3 rings (SSSR count). The van der Waals surface area contributed by atoms with E-state index in [1.165, 1.54) is 0 Å². The van der Waals surface area contributed by atoms with Gasteiger partial charge in [-0.3, -0.25) is 4.79 Å². The molecule has 1 fully saturated rings. The lowest BCUT2D eigenvalue weighted by atomic mass is 9.96. The number of carbonyl (C=O) groups is 1. The fraction of sp³-hybridized carbons (Fsp3) is 0.533. The molecular weight excluding hydrogens is 324 g/mol. The SMILES string of the molecule is CC1CCOC1C(=O)c1cc2c(cc1Br)OCCCO2. The van der Waals surface area contributed by atoms with E-state index in [0.29, 0.717) is 36.9 Å². The van der Waals surface area contributed by atoms with Crippen molar-refractivity contribution < 1.29 is 19.0 Å². The van der Waals surface area contributed by atoms with Gasteiger partial charge in [0.15, 0.2) is 17.3 Å². The Balaban J connectivity index is 1.93. The van der Waals surface area contributed by atoms with Gasteiger partial charge in [0.25, 0.3) is 0 Å². The van der Waals surface area contributed by atoms with E-state index >= 15 is 0 Å². The van der Waals surface area contributed by atoms with Gasteiger partial charge in [-0.2, -0.15) is 0 Å². The molecule has 2 aliphatic rings. The Morgan fingerprint density at radius 3 is 2.55 bits per heavy atom. The van der Waals surface area contributed by atoms with Crippen LogP contribution in [-0.2, 0) is 4.74 Å². The van der Waals surface area contributed by atoms with Crippen molar-refractivity contribution >= 4 is 21.7 Å². The third-order valence-electron chi connectivity index (χ3n) is 3.75. The van der Waals surface area contributed by atoms with Gasteiger partial charge in [0, 0.05) is 23.1 Å². The molecule has 0 bridgehead atoms. The molecule has 1 aromatic rings. The maximum Gasteiger partial charge on any atom is 0.193 e. The summed E-state index contributed by atoms with van der Waals surface area (Å²) in [6, 6.07) is 3.58. The van der Waals surface area contributed by atoms with E-state index in [4.69, 9.17) is 14.2 Å². The van der Waals surface area contributed by atoms with E-state index in [2.05, 4.69) is 15.9 Å². The lowest BCUT2D eigenvalue weighted by Gasteiger charge is -2.16. The summed E-state index contributed by atoms with van der Waals surface area (Å²) in [5.74, 6) is 1.59. The van der Waals surface area contributed by atoms with Crippen LogP contribution in [0.25, 0.3) is 0 Å². The second-order valence-corrected chi connectivity index (χ2v) is 6.11. The highest BCUT2D eigenvalue weighted by atomic mass is 79.9. The zero-order valence-corrected chi connectivity index (χ0v) is 12.9. The minimum atomic E-state index is -0.351. The molecule has 4 nitrogen and oxygen atoms in total. The van der Waals surface area contributed by atoms with Gasteiger partial charge >= 0.3 is 0 Å². The second-order valence-electron chi connectivity index (χ2n) is 5.25. The topological polar surface area (TPSA) is 44.8 Å². The van der Waals surface area contributed by atoms with Crippen molar-refractivity contribution in [3.63, 3.8) is 0 Å². The standard InChI is InChI=1S/C15H17BrO4/c1-9-3-6-20-15(9)14(17)10-7-12-13(8-11(10)16)19-5-2-4-18-12/h7-9,15H,2-6H2,1H3. The highest BCUT2D eigenvalue weighted by Gasteiger charge is 2.33. The summed E-state index contributed by atoms with van der Waals surface area (Å²) in [6.07, 6.45) is 1.42. The van der Waals surface area contributed by atoms with Gasteiger partial charge in [0.2, 0.25) is 0 Å². The largest absolute Gasteiger partial charge is 0.490 e. The Morgan fingerprint density at radius 1 is 1.20 bits per heavy atom. The highest BCUT2D eigenvalue weighted by Crippen LogP contribution is 2.37. The first kappa shape index (κ1) is 13.9. The molecule has 0 aliphatic carbocycles. The van der Waals surface area contributed by atoms with Gasteiger partial charge in [-0.25, -0.2) is 0 Å². The van der Waals surface area contributed by atoms with Crippen LogP contribution in [0.1, 0.15) is 30.1 Å². The van der Waals surface area contributed by atoms with Gasteiger partial charge in [-0.15, -0.1) is 0 Å². The predicted octanol–water partition coefficient (Wildman–Crippen LogP) is 3.22. The fourth-order valence-corrected chi connectivity index (χ4v) is 3.07. The van der Waals surface area contributed by atoms with Crippen molar-refractivity contribution in [2.75, 3.05) is 19.8 Å². The number of hydrogen-bond acceptors (Lipinski definition) is 4. The van der Waals surface area contributed by atoms with Crippen LogP contribution < -0.4 is 9.47 Å². The van der Waals surface area contributed by atoms with Gasteiger partial charge in [0.05, 0.1) is 13.2 Å². The smallest absolute Gasteiger partial charge is 0.193 e. The Hall–Kier alpha value is -1.07. The third kappa shape index (κ3) is 2.56. The maximum atomic E-state index is 12.6. The Kier molecular flexibility index (Phi) is 3.98. The first-order valence-electron chi connectivity index (χ1n) is 6.92. The summed E-state index contributed by atoms with van der Waals surface area (Å²) in [6.45, 7) is 3.94. The predicted molar refractivity (Wildman–Crippen MR) is 77.6 cm³/mol. The second kappa shape index (κ2) is 5.74. The molecule has 0 aromatic heterocycles. The molecule has 0 radical (unpaired) electrons. The zero-order chi connectivity index (χ0) is 14.1. The van der Waals surface area contributed by atoms with Gasteiger partial charge in [-0.1, -0.05) is 6.92 Å². The van der Waals surface area contributed by atoms with Crippen LogP contribution in [0.4, 0.5) is 0 Å². The molecule has 2 heterocycles. The third-order valence-corrected chi connectivity index (χ3v) is 4.40. The number of Topliss-reactive ketones (excluding diaryl/α,β-unsaturated/α-hetero) is 1. The van der Waals surface area contributed by atoms with Crippen molar-refractivity contribution in [2.24, 2.45) is 5.92 Å². The van der Waals surface area contributed by atoms with Crippen LogP contribution in [0.2, 0.25) is 0 Å². The summed E-state index contributed by atoms with van der Waals surface area (Å²) in [5, 5.41) is 0. The van der Waals surface area contributed by atoms with Crippen molar-refractivity contribution in [1.82, 2.24) is 0 Å². The molecule has 0 amide bonds. The molecule has 2 atom stereocenters. The van der Waals surface area contributed by atoms with Crippen LogP contribution in [0.3, 0.4) is 0 Å². The van der Waals surface area contributed by atoms with E-state index in [9.17, 15) is 4.79 Å². The lowest BCUT2D eigenvalue weighted by molar-refractivity contribution is 0.0578. The van der Waals surface area contributed by atoms with Gasteiger partial charge in [-0.05, 0) is 40.4 Å². The van der Waals surface area contributed by atoms with Crippen LogP contribution in [0.5, 0.6) is 11.5 Å². The van der Waals surface area contributed by atoms with Gasteiger partial charge < -0.3 is 14.2 Å². The van der Waals surface area contributed by atoms with Crippen molar-refractivity contribution in [2.45, 2.75) is 25.9 Å². The molecule has 108 valence electrons. The van der Waals surface area contributed by atoms with E-state index in [1.807, 2.05) is 13.0 Å². The van der Waals surface area contributed by atoms with E-state index < -0.39 is 0 Å². The van der Waals surface area contributed by atoms with Crippen LogP contribution in [0.15, 0.2) is 16.6 Å². The summed E-state index contributed by atoms with van der Waals surface area (Å²) in [4.78, 5) is 12.6. The number of fused-ring (bicyclic) bond motifs is 1. The van der Waals surface area contributed by atoms with E-state index in [0.717, 1.165) is 17.3 Å². The fourth-order valence-electron chi connectivity index (χ4n) is 2.56. The number of halogens is 1. The summed E-state index contributed by atoms with van der Waals surface area (Å²) >= 11 is 3.46. The zero-order valence-electron chi connectivity index (χ0n) is 11.4. The first-order chi connectivity index (χ1) is 9.66. The van der Waals surface area contributed by atoms with E-state index in [-0.39, 0.29) is 17.8 Å². The normalized spacial score (nSPS) is 25.3. The number of benzene rings is 1. The summed E-state index contributed by atoms with van der Waals surface area (Å²) < 4.78 is 17.6. The molecule has 20 heavy (non-hydrogen) atoms. The Bertz CT molecular complexity index is 529. The molecule has 0 N–H and O–H groups in total. The molecular formula is C15H17BrO4. The highest BCUT2D eigenvalue weighted by molar-refractivity contribution is 9.10. The molecule has 0 spiro atoms.